The number of carbonyl (C=O) groups is 1. The first-order valence-electron chi connectivity index (χ1n) is 5.83. The molecule has 0 radical (unpaired) electrons. The third kappa shape index (κ3) is 2.44. The first-order chi connectivity index (χ1) is 8.22. The number of carboxylic acid groups (broad SMARTS) is 1. The van der Waals surface area contributed by atoms with Gasteiger partial charge in [-0.25, -0.2) is 4.79 Å². The molecule has 0 atom stereocenters. The van der Waals surface area contributed by atoms with Gasteiger partial charge in [0.25, 0.3) is 0 Å². The van der Waals surface area contributed by atoms with Crippen LogP contribution in [0.25, 0.3) is 10.9 Å². The number of unbranched alkanes of at least 4 members (excludes halogenated alkanes) is 1. The fourth-order valence-corrected chi connectivity index (χ4v) is 1.90. The van der Waals surface area contributed by atoms with Crippen LogP contribution in [0.5, 0.6) is 0 Å². The molecule has 1 heterocycles. The monoisotopic (exact) mass is 229 g/mol. The molecule has 1 aromatic carbocycles. The first-order valence-corrected chi connectivity index (χ1v) is 5.83. The van der Waals surface area contributed by atoms with Crippen molar-refractivity contribution in [1.82, 2.24) is 4.98 Å². The summed E-state index contributed by atoms with van der Waals surface area (Å²) < 4.78 is 0. The van der Waals surface area contributed by atoms with E-state index in [2.05, 4.69) is 11.9 Å². The number of nitrogens with zero attached hydrogens (tertiary/aromatic N) is 1. The molecule has 0 aliphatic rings. The van der Waals surface area contributed by atoms with Gasteiger partial charge in [0.2, 0.25) is 0 Å². The van der Waals surface area contributed by atoms with Gasteiger partial charge < -0.3 is 5.11 Å². The highest BCUT2D eigenvalue weighted by molar-refractivity contribution is 6.02. The molecule has 0 spiro atoms. The summed E-state index contributed by atoms with van der Waals surface area (Å²) in [5, 5.41) is 9.85. The largest absolute Gasteiger partial charge is 0.478 e. The quantitative estimate of drug-likeness (QED) is 0.875. The van der Waals surface area contributed by atoms with Crippen molar-refractivity contribution >= 4 is 16.9 Å². The van der Waals surface area contributed by atoms with Crippen LogP contribution in [0.3, 0.4) is 0 Å². The van der Waals surface area contributed by atoms with E-state index >= 15 is 0 Å². The third-order valence-corrected chi connectivity index (χ3v) is 2.83. The zero-order valence-electron chi connectivity index (χ0n) is 9.81. The molecule has 2 aromatic rings. The summed E-state index contributed by atoms with van der Waals surface area (Å²) in [7, 11) is 0. The van der Waals surface area contributed by atoms with Crippen LogP contribution in [-0.4, -0.2) is 16.1 Å². The average Bonchev–Trinajstić information content (AvgIpc) is 2.35. The number of fused-ring (bicyclic) bond motifs is 1. The number of aromatic carboxylic acids is 1. The molecule has 0 bridgehead atoms. The predicted octanol–water partition coefficient (Wildman–Crippen LogP) is 3.28. The van der Waals surface area contributed by atoms with Crippen LogP contribution >= 0.6 is 0 Å². The van der Waals surface area contributed by atoms with Crippen LogP contribution in [0, 0.1) is 0 Å². The molecule has 2 rings (SSSR count). The molecule has 88 valence electrons. The van der Waals surface area contributed by atoms with E-state index in [1.807, 2.05) is 18.3 Å². The molecule has 0 aliphatic heterocycles. The second-order valence-electron chi connectivity index (χ2n) is 4.12. The van der Waals surface area contributed by atoms with Crippen LogP contribution in [0.1, 0.15) is 35.7 Å². The molecule has 0 saturated carbocycles. The Balaban J connectivity index is 2.50. The molecule has 0 aliphatic carbocycles. The average molecular weight is 229 g/mol. The van der Waals surface area contributed by atoms with Gasteiger partial charge in [0.05, 0.1) is 11.1 Å². The zero-order valence-corrected chi connectivity index (χ0v) is 9.81. The Morgan fingerprint density at radius 2 is 2.24 bits per heavy atom. The third-order valence-electron chi connectivity index (χ3n) is 2.83. The SMILES string of the molecule is CCCCc1cnc2cccc(C(=O)O)c2c1. The Morgan fingerprint density at radius 1 is 1.41 bits per heavy atom. The smallest absolute Gasteiger partial charge is 0.336 e. The topological polar surface area (TPSA) is 50.2 Å². The Hall–Kier alpha value is -1.90. The van der Waals surface area contributed by atoms with Crippen LogP contribution in [-0.2, 0) is 6.42 Å². The molecular formula is C14H15NO2. The molecule has 1 N–H and O–H groups in total. The van der Waals surface area contributed by atoms with Gasteiger partial charge in [-0.05, 0) is 36.6 Å². The summed E-state index contributed by atoms with van der Waals surface area (Å²) in [4.78, 5) is 15.4. The molecule has 3 heteroatoms. The van der Waals surface area contributed by atoms with Crippen molar-refractivity contribution in [1.29, 1.82) is 0 Å². The number of benzene rings is 1. The van der Waals surface area contributed by atoms with Crippen molar-refractivity contribution in [2.24, 2.45) is 0 Å². The van der Waals surface area contributed by atoms with E-state index in [4.69, 9.17) is 5.11 Å². The van der Waals surface area contributed by atoms with Crippen molar-refractivity contribution in [2.75, 3.05) is 0 Å². The number of rotatable bonds is 4. The molecular weight excluding hydrogens is 214 g/mol. The van der Waals surface area contributed by atoms with Crippen molar-refractivity contribution in [3.05, 3.63) is 41.6 Å². The number of pyridine rings is 1. The highest BCUT2D eigenvalue weighted by atomic mass is 16.4. The van der Waals surface area contributed by atoms with Gasteiger partial charge >= 0.3 is 5.97 Å². The lowest BCUT2D eigenvalue weighted by Gasteiger charge is -2.05. The van der Waals surface area contributed by atoms with E-state index in [1.54, 1.807) is 12.1 Å². The summed E-state index contributed by atoms with van der Waals surface area (Å²) in [6.45, 7) is 2.14. The van der Waals surface area contributed by atoms with Gasteiger partial charge in [0, 0.05) is 11.6 Å². The van der Waals surface area contributed by atoms with Crippen molar-refractivity contribution < 1.29 is 9.90 Å². The van der Waals surface area contributed by atoms with Crippen LogP contribution < -0.4 is 0 Å². The van der Waals surface area contributed by atoms with Gasteiger partial charge in [-0.3, -0.25) is 4.98 Å². The number of aromatic nitrogens is 1. The summed E-state index contributed by atoms with van der Waals surface area (Å²) in [6, 6.07) is 7.13. The molecule has 3 nitrogen and oxygen atoms in total. The maximum atomic E-state index is 11.1. The van der Waals surface area contributed by atoms with Gasteiger partial charge in [-0.1, -0.05) is 19.4 Å². The van der Waals surface area contributed by atoms with E-state index in [-0.39, 0.29) is 0 Å². The van der Waals surface area contributed by atoms with Crippen molar-refractivity contribution in [2.45, 2.75) is 26.2 Å². The highest BCUT2D eigenvalue weighted by Gasteiger charge is 2.08. The minimum Gasteiger partial charge on any atom is -0.478 e. The minimum absolute atomic E-state index is 0.327. The fourth-order valence-electron chi connectivity index (χ4n) is 1.90. The number of hydrogen-bond donors (Lipinski definition) is 1. The van der Waals surface area contributed by atoms with E-state index in [1.165, 1.54) is 0 Å². The molecule has 0 fully saturated rings. The summed E-state index contributed by atoms with van der Waals surface area (Å²) in [6.07, 6.45) is 5.01. The van der Waals surface area contributed by atoms with E-state index in [0.29, 0.717) is 5.56 Å². The van der Waals surface area contributed by atoms with Gasteiger partial charge in [-0.2, -0.15) is 0 Å². The lowest BCUT2D eigenvalue weighted by molar-refractivity contribution is 0.0699. The zero-order chi connectivity index (χ0) is 12.3. The van der Waals surface area contributed by atoms with E-state index in [0.717, 1.165) is 35.7 Å². The van der Waals surface area contributed by atoms with Gasteiger partial charge in [0.1, 0.15) is 0 Å². The second-order valence-corrected chi connectivity index (χ2v) is 4.12. The second kappa shape index (κ2) is 4.95. The lowest BCUT2D eigenvalue weighted by Crippen LogP contribution is -1.98. The molecule has 0 amide bonds. The Morgan fingerprint density at radius 3 is 2.94 bits per heavy atom. The van der Waals surface area contributed by atoms with Gasteiger partial charge in [-0.15, -0.1) is 0 Å². The maximum Gasteiger partial charge on any atom is 0.336 e. The molecule has 0 unspecified atom stereocenters. The molecule has 1 aromatic heterocycles. The fraction of sp³-hybridized carbons (Fsp3) is 0.286. The Labute approximate surface area is 100 Å². The Kier molecular flexibility index (Phi) is 3.38. The molecule has 0 saturated heterocycles. The number of aryl methyl sites for hydroxylation is 1. The maximum absolute atomic E-state index is 11.1. The van der Waals surface area contributed by atoms with Crippen molar-refractivity contribution in [3.8, 4) is 0 Å². The summed E-state index contributed by atoms with van der Waals surface area (Å²) in [5.74, 6) is -0.898. The predicted molar refractivity (Wildman–Crippen MR) is 67.3 cm³/mol. The van der Waals surface area contributed by atoms with Crippen LogP contribution in [0.2, 0.25) is 0 Å². The number of carboxylic acids is 1. The molecule has 17 heavy (non-hydrogen) atoms. The first kappa shape index (κ1) is 11.6. The summed E-state index contributed by atoms with van der Waals surface area (Å²) >= 11 is 0. The van der Waals surface area contributed by atoms with E-state index in [9.17, 15) is 4.79 Å². The van der Waals surface area contributed by atoms with E-state index < -0.39 is 5.97 Å². The highest BCUT2D eigenvalue weighted by Crippen LogP contribution is 2.19. The normalized spacial score (nSPS) is 10.6. The van der Waals surface area contributed by atoms with Crippen molar-refractivity contribution in [3.63, 3.8) is 0 Å². The van der Waals surface area contributed by atoms with Crippen LogP contribution in [0.15, 0.2) is 30.5 Å². The summed E-state index contributed by atoms with van der Waals surface area (Å²) in [5.41, 5.74) is 2.17. The minimum atomic E-state index is -0.898. The lowest BCUT2D eigenvalue weighted by atomic mass is 10.0. The van der Waals surface area contributed by atoms with Gasteiger partial charge in [0.15, 0.2) is 0 Å². The number of hydrogen-bond acceptors (Lipinski definition) is 2. The Bertz CT molecular complexity index is 549. The van der Waals surface area contributed by atoms with Crippen LogP contribution in [0.4, 0.5) is 0 Å². The standard InChI is InChI=1S/C14H15NO2/c1-2-3-5-10-8-12-11(14(16)17)6-4-7-13(12)15-9-10/h4,6-9H,2-3,5H2,1H3,(H,16,17).